The number of likely N-dealkylation sites (tertiary alicyclic amines) is 1. The minimum Gasteiger partial charge on any atom is -0.481 e. The highest BCUT2D eigenvalue weighted by Gasteiger charge is 2.36. The molecule has 17 heavy (non-hydrogen) atoms. The minimum atomic E-state index is -0.814. The molecule has 1 aliphatic rings. The van der Waals surface area contributed by atoms with Gasteiger partial charge in [-0.05, 0) is 25.0 Å². The van der Waals surface area contributed by atoms with Gasteiger partial charge in [0.1, 0.15) is 0 Å². The first-order chi connectivity index (χ1) is 8.02. The number of rotatable bonds is 3. The number of carbonyl (C=O) groups is 2. The fourth-order valence-corrected chi connectivity index (χ4v) is 3.01. The Morgan fingerprint density at radius 2 is 2.18 bits per heavy atom. The van der Waals surface area contributed by atoms with Crippen molar-refractivity contribution in [3.8, 4) is 0 Å². The third-order valence-corrected chi connectivity index (χ3v) is 4.44. The fraction of sp³-hybridized carbons (Fsp3) is 0.500. The van der Waals surface area contributed by atoms with E-state index in [4.69, 9.17) is 5.11 Å². The lowest BCUT2D eigenvalue weighted by molar-refractivity contribution is -0.146. The second-order valence-electron chi connectivity index (χ2n) is 4.32. The van der Waals surface area contributed by atoms with E-state index in [1.165, 1.54) is 16.2 Å². The van der Waals surface area contributed by atoms with Gasteiger partial charge in [0.25, 0.3) is 5.91 Å². The monoisotopic (exact) mass is 253 g/mol. The number of hydrogen-bond donors (Lipinski definition) is 1. The summed E-state index contributed by atoms with van der Waals surface area (Å²) in [7, 11) is 0. The maximum absolute atomic E-state index is 12.0. The highest BCUT2D eigenvalue weighted by atomic mass is 32.1. The van der Waals surface area contributed by atoms with Crippen LogP contribution in [0.25, 0.3) is 0 Å². The van der Waals surface area contributed by atoms with Crippen LogP contribution in [0.5, 0.6) is 0 Å². The van der Waals surface area contributed by atoms with Gasteiger partial charge < -0.3 is 10.0 Å². The van der Waals surface area contributed by atoms with Crippen LogP contribution in [0, 0.1) is 12.8 Å². The number of carboxylic acid groups (broad SMARTS) is 1. The second-order valence-corrected chi connectivity index (χ2v) is 5.45. The minimum absolute atomic E-state index is 0.0321. The molecule has 0 atom stereocenters. The van der Waals surface area contributed by atoms with E-state index in [1.54, 1.807) is 4.90 Å². The van der Waals surface area contributed by atoms with E-state index in [1.807, 2.05) is 13.0 Å². The standard InChI is InChI=1S/C12H15NO3S/c1-3-9-7(2)4-10(17-9)11(14)13-5-8(6-13)12(15)16/h4,8H,3,5-6H2,1-2H3,(H,15,16). The molecule has 0 aliphatic carbocycles. The summed E-state index contributed by atoms with van der Waals surface area (Å²) in [6.07, 6.45) is 0.932. The van der Waals surface area contributed by atoms with E-state index in [0.29, 0.717) is 13.1 Å². The molecule has 5 heteroatoms. The Labute approximate surface area is 104 Å². The number of aryl methyl sites for hydroxylation is 2. The maximum atomic E-state index is 12.0. The fourth-order valence-electron chi connectivity index (χ4n) is 1.93. The summed E-state index contributed by atoms with van der Waals surface area (Å²) in [6, 6.07) is 1.90. The van der Waals surface area contributed by atoms with Crippen molar-refractivity contribution in [3.63, 3.8) is 0 Å². The summed E-state index contributed by atoms with van der Waals surface area (Å²) in [5.74, 6) is -1.23. The van der Waals surface area contributed by atoms with Crippen molar-refractivity contribution >= 4 is 23.2 Å². The van der Waals surface area contributed by atoms with Gasteiger partial charge in [-0.15, -0.1) is 11.3 Å². The molecule has 1 aromatic heterocycles. The normalized spacial score (nSPS) is 15.8. The summed E-state index contributed by atoms with van der Waals surface area (Å²) >= 11 is 1.52. The van der Waals surface area contributed by atoms with Crippen molar-refractivity contribution < 1.29 is 14.7 Å². The van der Waals surface area contributed by atoms with Crippen molar-refractivity contribution in [1.82, 2.24) is 4.90 Å². The average molecular weight is 253 g/mol. The van der Waals surface area contributed by atoms with Gasteiger partial charge >= 0.3 is 5.97 Å². The predicted molar refractivity (Wildman–Crippen MR) is 65.5 cm³/mol. The quantitative estimate of drug-likeness (QED) is 0.893. The number of hydrogen-bond acceptors (Lipinski definition) is 3. The predicted octanol–water partition coefficient (Wildman–Crippen LogP) is 1.78. The Balaban J connectivity index is 2.04. The molecule has 2 rings (SSSR count). The highest BCUT2D eigenvalue weighted by molar-refractivity contribution is 7.14. The molecule has 1 saturated heterocycles. The molecule has 1 N–H and O–H groups in total. The zero-order valence-electron chi connectivity index (χ0n) is 9.90. The maximum Gasteiger partial charge on any atom is 0.310 e. The van der Waals surface area contributed by atoms with Crippen LogP contribution in [0.1, 0.15) is 27.0 Å². The van der Waals surface area contributed by atoms with Crippen LogP contribution in [0.4, 0.5) is 0 Å². The van der Waals surface area contributed by atoms with Gasteiger partial charge in [-0.3, -0.25) is 9.59 Å². The summed E-state index contributed by atoms with van der Waals surface area (Å²) < 4.78 is 0. The summed E-state index contributed by atoms with van der Waals surface area (Å²) in [6.45, 7) is 4.75. The van der Waals surface area contributed by atoms with Gasteiger partial charge in [-0.2, -0.15) is 0 Å². The Hall–Kier alpha value is -1.36. The number of nitrogens with zero attached hydrogens (tertiary/aromatic N) is 1. The van der Waals surface area contributed by atoms with E-state index in [9.17, 15) is 9.59 Å². The van der Waals surface area contributed by atoms with Crippen LogP contribution in [-0.4, -0.2) is 35.0 Å². The molecule has 0 unspecified atom stereocenters. The topological polar surface area (TPSA) is 57.6 Å². The Bertz CT molecular complexity index is 460. The third-order valence-electron chi connectivity index (χ3n) is 3.07. The first kappa shape index (κ1) is 12.1. The SMILES string of the molecule is CCc1sc(C(=O)N2CC(C(=O)O)C2)cc1C. The van der Waals surface area contributed by atoms with Gasteiger partial charge in [0.05, 0.1) is 10.8 Å². The molecule has 1 aliphatic heterocycles. The van der Waals surface area contributed by atoms with E-state index < -0.39 is 5.97 Å². The molecule has 1 aromatic rings. The third kappa shape index (κ3) is 2.20. The zero-order chi connectivity index (χ0) is 12.6. The highest BCUT2D eigenvalue weighted by Crippen LogP contribution is 2.26. The Morgan fingerprint density at radius 3 is 2.65 bits per heavy atom. The van der Waals surface area contributed by atoms with Crippen LogP contribution in [0.15, 0.2) is 6.07 Å². The molecule has 0 bridgehead atoms. The van der Waals surface area contributed by atoms with Crippen LogP contribution >= 0.6 is 11.3 Å². The number of aliphatic carboxylic acids is 1. The lowest BCUT2D eigenvalue weighted by Crippen LogP contribution is -2.52. The molecular weight excluding hydrogens is 238 g/mol. The largest absolute Gasteiger partial charge is 0.481 e. The summed E-state index contributed by atoms with van der Waals surface area (Å²) in [4.78, 5) is 26.2. The molecule has 4 nitrogen and oxygen atoms in total. The van der Waals surface area contributed by atoms with Crippen molar-refractivity contribution in [3.05, 3.63) is 21.4 Å². The van der Waals surface area contributed by atoms with E-state index in [2.05, 4.69) is 6.92 Å². The van der Waals surface area contributed by atoms with Crippen LogP contribution in [-0.2, 0) is 11.2 Å². The summed E-state index contributed by atoms with van der Waals surface area (Å²) in [5.41, 5.74) is 1.15. The number of amides is 1. The Kier molecular flexibility index (Phi) is 3.19. The Morgan fingerprint density at radius 1 is 1.53 bits per heavy atom. The first-order valence-corrected chi connectivity index (χ1v) is 6.46. The smallest absolute Gasteiger partial charge is 0.310 e. The van der Waals surface area contributed by atoms with Gasteiger partial charge in [-0.25, -0.2) is 0 Å². The molecule has 0 spiro atoms. The number of thiophene rings is 1. The van der Waals surface area contributed by atoms with Crippen molar-refractivity contribution in [2.45, 2.75) is 20.3 Å². The van der Waals surface area contributed by atoms with Crippen molar-refractivity contribution in [2.24, 2.45) is 5.92 Å². The number of carbonyl (C=O) groups excluding carboxylic acids is 1. The molecule has 1 amide bonds. The van der Waals surface area contributed by atoms with Gasteiger partial charge in [0.15, 0.2) is 0 Å². The molecule has 92 valence electrons. The van der Waals surface area contributed by atoms with Crippen molar-refractivity contribution in [2.75, 3.05) is 13.1 Å². The van der Waals surface area contributed by atoms with E-state index in [0.717, 1.165) is 16.9 Å². The zero-order valence-corrected chi connectivity index (χ0v) is 10.7. The van der Waals surface area contributed by atoms with Gasteiger partial charge in [-0.1, -0.05) is 6.92 Å². The molecule has 1 fully saturated rings. The molecule has 0 radical (unpaired) electrons. The molecule has 2 heterocycles. The lowest BCUT2D eigenvalue weighted by atomic mass is 10.0. The van der Waals surface area contributed by atoms with Crippen LogP contribution in [0.2, 0.25) is 0 Å². The average Bonchev–Trinajstić information content (AvgIpc) is 2.56. The van der Waals surface area contributed by atoms with Crippen molar-refractivity contribution in [1.29, 1.82) is 0 Å². The number of carboxylic acids is 1. The van der Waals surface area contributed by atoms with E-state index in [-0.39, 0.29) is 11.8 Å². The molecule has 0 saturated carbocycles. The van der Waals surface area contributed by atoms with Crippen LogP contribution in [0.3, 0.4) is 0 Å². The van der Waals surface area contributed by atoms with Gasteiger partial charge in [0, 0.05) is 18.0 Å². The lowest BCUT2D eigenvalue weighted by Gasteiger charge is -2.36. The van der Waals surface area contributed by atoms with Gasteiger partial charge in [0.2, 0.25) is 0 Å². The molecular formula is C12H15NO3S. The second kappa shape index (κ2) is 4.49. The molecule has 0 aromatic carbocycles. The van der Waals surface area contributed by atoms with E-state index >= 15 is 0 Å². The van der Waals surface area contributed by atoms with Crippen LogP contribution < -0.4 is 0 Å². The summed E-state index contributed by atoms with van der Waals surface area (Å²) in [5, 5.41) is 8.75. The first-order valence-electron chi connectivity index (χ1n) is 5.64.